The Bertz CT molecular complexity index is 1510. The summed E-state index contributed by atoms with van der Waals surface area (Å²) >= 11 is 0. The molecule has 188 valence electrons. The van der Waals surface area contributed by atoms with Crippen LogP contribution in [0.3, 0.4) is 0 Å². The first-order chi connectivity index (χ1) is 17.8. The Morgan fingerprint density at radius 1 is 1.00 bits per heavy atom. The lowest BCUT2D eigenvalue weighted by molar-refractivity contribution is -0.124. The number of nitrogens with one attached hydrogen (secondary N) is 3. The topological polar surface area (TPSA) is 131 Å². The second kappa shape index (κ2) is 9.23. The van der Waals surface area contributed by atoms with Crippen molar-refractivity contribution in [1.29, 1.82) is 0 Å². The van der Waals surface area contributed by atoms with E-state index in [-0.39, 0.29) is 18.3 Å². The van der Waals surface area contributed by atoms with Gasteiger partial charge in [0.2, 0.25) is 0 Å². The summed E-state index contributed by atoms with van der Waals surface area (Å²) in [4.78, 5) is 37.0. The van der Waals surface area contributed by atoms with E-state index in [1.165, 1.54) is 11.7 Å². The summed E-state index contributed by atoms with van der Waals surface area (Å²) in [7, 11) is 3.10. The van der Waals surface area contributed by atoms with Crippen LogP contribution in [0.1, 0.15) is 15.9 Å². The van der Waals surface area contributed by atoms with Crippen molar-refractivity contribution in [1.82, 2.24) is 20.5 Å². The molecule has 10 heteroatoms. The first kappa shape index (κ1) is 23.7. The van der Waals surface area contributed by atoms with Gasteiger partial charge in [-0.25, -0.2) is 4.79 Å². The van der Waals surface area contributed by atoms with Gasteiger partial charge in [0.1, 0.15) is 17.2 Å². The van der Waals surface area contributed by atoms with Crippen molar-refractivity contribution in [2.45, 2.75) is 12.1 Å². The molecule has 0 radical (unpaired) electrons. The van der Waals surface area contributed by atoms with Gasteiger partial charge in [-0.1, -0.05) is 12.1 Å². The van der Waals surface area contributed by atoms with Crippen LogP contribution in [0, 0.1) is 0 Å². The van der Waals surface area contributed by atoms with Crippen LogP contribution in [0.25, 0.3) is 10.8 Å². The zero-order chi connectivity index (χ0) is 26.2. The molecule has 0 saturated carbocycles. The van der Waals surface area contributed by atoms with Gasteiger partial charge in [-0.3, -0.25) is 14.9 Å². The molecule has 0 spiro atoms. The van der Waals surface area contributed by atoms with Crippen molar-refractivity contribution >= 4 is 28.6 Å². The predicted molar refractivity (Wildman–Crippen MR) is 135 cm³/mol. The number of rotatable bonds is 7. The summed E-state index contributed by atoms with van der Waals surface area (Å²) in [5.74, 6) is 0.826. The van der Waals surface area contributed by atoms with Gasteiger partial charge in [0, 0.05) is 29.6 Å². The van der Waals surface area contributed by atoms with Crippen molar-refractivity contribution in [2.24, 2.45) is 0 Å². The number of methoxy groups -OCH3 is 1. The number of hydrogen-bond acceptors (Lipinski definition) is 6. The fourth-order valence-electron chi connectivity index (χ4n) is 4.39. The Morgan fingerprint density at radius 2 is 1.65 bits per heavy atom. The molecule has 3 aromatic carbocycles. The minimum atomic E-state index is -1.46. The Morgan fingerprint density at radius 3 is 2.24 bits per heavy atom. The first-order valence-corrected chi connectivity index (χ1v) is 11.4. The molecule has 2 heterocycles. The fourth-order valence-corrected chi connectivity index (χ4v) is 4.39. The van der Waals surface area contributed by atoms with Crippen LogP contribution in [-0.2, 0) is 16.9 Å². The van der Waals surface area contributed by atoms with E-state index in [4.69, 9.17) is 9.47 Å². The van der Waals surface area contributed by atoms with Crippen LogP contribution in [-0.4, -0.2) is 41.7 Å². The Balaban J connectivity index is 1.44. The van der Waals surface area contributed by atoms with Gasteiger partial charge in [0.25, 0.3) is 11.8 Å². The Kier molecular flexibility index (Phi) is 5.92. The van der Waals surface area contributed by atoms with Gasteiger partial charge >= 0.3 is 6.03 Å². The second-order valence-electron chi connectivity index (χ2n) is 8.58. The van der Waals surface area contributed by atoms with Crippen molar-refractivity contribution in [2.75, 3.05) is 14.2 Å². The third-order valence-electron chi connectivity index (χ3n) is 6.34. The smallest absolute Gasteiger partial charge is 0.322 e. The molecule has 1 aliphatic rings. The lowest BCUT2D eigenvalue weighted by Gasteiger charge is -2.27. The van der Waals surface area contributed by atoms with Gasteiger partial charge in [-0.05, 0) is 60.2 Å². The highest BCUT2D eigenvalue weighted by molar-refractivity contribution is 6.07. The van der Waals surface area contributed by atoms with Crippen LogP contribution in [0.15, 0.2) is 72.9 Å². The highest BCUT2D eigenvalue weighted by atomic mass is 16.5. The summed E-state index contributed by atoms with van der Waals surface area (Å²) in [6, 6.07) is 18.0. The quantitative estimate of drug-likeness (QED) is 0.288. The molecule has 0 unspecified atom stereocenters. The molecule has 1 aromatic heterocycles. The van der Waals surface area contributed by atoms with Gasteiger partial charge in [0.15, 0.2) is 11.4 Å². The van der Waals surface area contributed by atoms with Crippen LogP contribution < -0.4 is 25.4 Å². The van der Waals surface area contributed by atoms with E-state index in [1.54, 1.807) is 80.0 Å². The van der Waals surface area contributed by atoms with Crippen molar-refractivity contribution in [3.8, 4) is 23.1 Å². The number of amides is 4. The van der Waals surface area contributed by atoms with Crippen molar-refractivity contribution in [3.05, 3.63) is 84.1 Å². The van der Waals surface area contributed by atoms with Gasteiger partial charge in [-0.2, -0.15) is 0 Å². The Labute approximate surface area is 211 Å². The SMILES string of the molecule is CNC(=O)c1ccc(Oc2ccc([C@]3(Cn4cc5ccc(OC)cc5c4O)NC(=O)NC3=O)cc2)cc1. The minimum absolute atomic E-state index is 0.0471. The number of carbonyl (C=O) groups is 3. The third-order valence-corrected chi connectivity index (χ3v) is 6.34. The molecule has 0 aliphatic carbocycles. The number of hydrogen-bond donors (Lipinski definition) is 4. The molecule has 4 aromatic rings. The maximum absolute atomic E-state index is 13.1. The fraction of sp³-hybridized carbons (Fsp3) is 0.148. The monoisotopic (exact) mass is 500 g/mol. The second-order valence-corrected chi connectivity index (χ2v) is 8.58. The van der Waals surface area contributed by atoms with E-state index < -0.39 is 17.5 Å². The van der Waals surface area contributed by atoms with E-state index in [0.717, 1.165) is 5.39 Å². The van der Waals surface area contributed by atoms with Crippen LogP contribution in [0.2, 0.25) is 0 Å². The summed E-state index contributed by atoms with van der Waals surface area (Å²) in [5, 5.41) is 19.8. The molecule has 1 saturated heterocycles. The zero-order valence-electron chi connectivity index (χ0n) is 20.1. The normalized spacial score (nSPS) is 16.8. The number of imide groups is 1. The molecule has 10 nitrogen and oxygen atoms in total. The maximum Gasteiger partial charge on any atom is 0.322 e. The summed E-state index contributed by atoms with van der Waals surface area (Å²) in [6.07, 6.45) is 1.71. The predicted octanol–water partition coefficient (Wildman–Crippen LogP) is 3.24. The lowest BCUT2D eigenvalue weighted by atomic mass is 9.89. The number of benzene rings is 3. The molecule has 1 fully saturated rings. The maximum atomic E-state index is 13.1. The molecular formula is C27H24N4O6. The molecule has 1 aliphatic heterocycles. The number of fused-ring (bicyclic) bond motifs is 1. The molecule has 0 bridgehead atoms. The molecule has 5 rings (SSSR count). The number of nitrogens with zero attached hydrogens (tertiary/aromatic N) is 1. The van der Waals surface area contributed by atoms with Crippen LogP contribution >= 0.6 is 0 Å². The molecule has 4 N–H and O–H groups in total. The molecule has 1 atom stereocenters. The molecule has 4 amide bonds. The highest BCUT2D eigenvalue weighted by Gasteiger charge is 2.48. The van der Waals surface area contributed by atoms with E-state index in [1.807, 2.05) is 0 Å². The minimum Gasteiger partial charge on any atom is -0.497 e. The van der Waals surface area contributed by atoms with E-state index in [9.17, 15) is 19.5 Å². The zero-order valence-corrected chi connectivity index (χ0v) is 20.1. The van der Waals surface area contributed by atoms with Crippen molar-refractivity contribution < 1.29 is 29.0 Å². The number of ether oxygens (including phenoxy) is 2. The van der Waals surface area contributed by atoms with E-state index in [0.29, 0.717) is 33.8 Å². The Hall–Kier alpha value is -4.99. The first-order valence-electron chi connectivity index (χ1n) is 11.4. The summed E-state index contributed by atoms with van der Waals surface area (Å²) in [5.41, 5.74) is -0.441. The average Bonchev–Trinajstić information content (AvgIpc) is 3.38. The van der Waals surface area contributed by atoms with E-state index in [2.05, 4.69) is 16.0 Å². The number of aromatic nitrogens is 1. The summed E-state index contributed by atoms with van der Waals surface area (Å²) in [6.45, 7) is -0.0471. The number of aromatic hydroxyl groups is 1. The van der Waals surface area contributed by atoms with Gasteiger partial charge in [0.05, 0.1) is 13.7 Å². The van der Waals surface area contributed by atoms with E-state index >= 15 is 0 Å². The van der Waals surface area contributed by atoms with Crippen LogP contribution in [0.5, 0.6) is 23.1 Å². The number of carbonyl (C=O) groups excluding carboxylic acids is 3. The average molecular weight is 501 g/mol. The molecule has 37 heavy (non-hydrogen) atoms. The standard InChI is InChI=1S/C27H24N4O6/c1-28-23(32)16-3-8-19(9-4-16)37-20-11-6-18(7-12-20)27(25(34)29-26(35)30-27)15-31-14-17-5-10-21(36-2)13-22(17)24(31)33/h3-14,33H,15H2,1-2H3,(H,28,32)(H2,29,30,34,35)/t27-/m0/s1. The van der Waals surface area contributed by atoms with Gasteiger partial charge < -0.3 is 29.8 Å². The largest absolute Gasteiger partial charge is 0.497 e. The van der Waals surface area contributed by atoms with Crippen molar-refractivity contribution in [3.63, 3.8) is 0 Å². The van der Waals surface area contributed by atoms with Crippen LogP contribution in [0.4, 0.5) is 4.79 Å². The third kappa shape index (κ3) is 4.29. The summed E-state index contributed by atoms with van der Waals surface area (Å²) < 4.78 is 12.6. The molecular weight excluding hydrogens is 476 g/mol. The highest BCUT2D eigenvalue weighted by Crippen LogP contribution is 2.35. The lowest BCUT2D eigenvalue weighted by Crippen LogP contribution is -2.47. The number of urea groups is 1. The van der Waals surface area contributed by atoms with Gasteiger partial charge in [-0.15, -0.1) is 0 Å².